The minimum Gasteiger partial charge on any atom is -0.380 e. The fraction of sp³-hybridized carbons (Fsp3) is 0.636. The zero-order chi connectivity index (χ0) is 12.1. The van der Waals surface area contributed by atoms with E-state index in [-0.39, 0.29) is 12.0 Å². The standard InChI is InChI=1S/C11H18N2O3/c1-5-9-8(3)10(13-16-9)11(14)12-6-7(2)15-4/h7H,5-6H2,1-4H3,(H,12,14). The molecule has 1 N–H and O–H groups in total. The summed E-state index contributed by atoms with van der Waals surface area (Å²) in [6.07, 6.45) is 0.724. The molecule has 0 aliphatic heterocycles. The van der Waals surface area contributed by atoms with Crippen LogP contribution in [0.2, 0.25) is 0 Å². The molecular weight excluding hydrogens is 208 g/mol. The first-order valence-electron chi connectivity index (χ1n) is 5.36. The number of carbonyl (C=O) groups excluding carboxylic acids is 1. The van der Waals surface area contributed by atoms with E-state index in [1.54, 1.807) is 7.11 Å². The van der Waals surface area contributed by atoms with Gasteiger partial charge in [-0.2, -0.15) is 0 Å². The summed E-state index contributed by atoms with van der Waals surface area (Å²) in [6.45, 7) is 6.14. The minimum atomic E-state index is -0.218. The molecule has 16 heavy (non-hydrogen) atoms. The van der Waals surface area contributed by atoms with E-state index in [1.807, 2.05) is 20.8 Å². The molecule has 1 heterocycles. The molecule has 0 aromatic carbocycles. The van der Waals surface area contributed by atoms with Crippen LogP contribution in [0.25, 0.3) is 0 Å². The number of aromatic nitrogens is 1. The van der Waals surface area contributed by atoms with E-state index in [1.165, 1.54) is 0 Å². The van der Waals surface area contributed by atoms with Crippen LogP contribution >= 0.6 is 0 Å². The lowest BCUT2D eigenvalue weighted by molar-refractivity contribution is 0.0862. The normalized spacial score (nSPS) is 12.5. The van der Waals surface area contributed by atoms with E-state index in [0.29, 0.717) is 12.2 Å². The van der Waals surface area contributed by atoms with Gasteiger partial charge < -0.3 is 14.6 Å². The van der Waals surface area contributed by atoms with Crippen molar-refractivity contribution in [3.05, 3.63) is 17.0 Å². The highest BCUT2D eigenvalue weighted by atomic mass is 16.5. The summed E-state index contributed by atoms with van der Waals surface area (Å²) in [5.74, 6) is 0.537. The Balaban J connectivity index is 2.63. The van der Waals surface area contributed by atoms with E-state index < -0.39 is 0 Å². The molecule has 0 saturated carbocycles. The SMILES string of the molecule is CCc1onc(C(=O)NCC(C)OC)c1C. The van der Waals surface area contributed by atoms with Crippen LogP contribution in [0.5, 0.6) is 0 Å². The third-order valence-electron chi connectivity index (χ3n) is 2.51. The van der Waals surface area contributed by atoms with Gasteiger partial charge in [0.1, 0.15) is 5.76 Å². The molecule has 1 aromatic rings. The number of nitrogens with zero attached hydrogens (tertiary/aromatic N) is 1. The van der Waals surface area contributed by atoms with Gasteiger partial charge in [-0.25, -0.2) is 0 Å². The Bertz CT molecular complexity index is 360. The van der Waals surface area contributed by atoms with Crippen molar-refractivity contribution in [3.63, 3.8) is 0 Å². The van der Waals surface area contributed by atoms with Gasteiger partial charge in [-0.1, -0.05) is 12.1 Å². The number of amides is 1. The number of nitrogens with one attached hydrogen (secondary N) is 1. The zero-order valence-corrected chi connectivity index (χ0v) is 10.2. The largest absolute Gasteiger partial charge is 0.380 e. The molecule has 1 rings (SSSR count). The molecule has 0 spiro atoms. The predicted octanol–water partition coefficient (Wildman–Crippen LogP) is 1.31. The van der Waals surface area contributed by atoms with Crippen molar-refractivity contribution in [2.75, 3.05) is 13.7 Å². The van der Waals surface area contributed by atoms with Crippen LogP contribution in [0.3, 0.4) is 0 Å². The maximum Gasteiger partial charge on any atom is 0.273 e. The van der Waals surface area contributed by atoms with Crippen molar-refractivity contribution in [2.24, 2.45) is 0 Å². The first-order chi connectivity index (χ1) is 7.60. The van der Waals surface area contributed by atoms with Crippen LogP contribution in [0, 0.1) is 6.92 Å². The highest BCUT2D eigenvalue weighted by Crippen LogP contribution is 2.12. The second-order valence-corrected chi connectivity index (χ2v) is 3.69. The van der Waals surface area contributed by atoms with Gasteiger partial charge in [0.2, 0.25) is 0 Å². The quantitative estimate of drug-likeness (QED) is 0.822. The van der Waals surface area contributed by atoms with Crippen LogP contribution in [-0.2, 0) is 11.2 Å². The van der Waals surface area contributed by atoms with E-state index in [0.717, 1.165) is 17.7 Å². The molecule has 1 unspecified atom stereocenters. The van der Waals surface area contributed by atoms with E-state index in [9.17, 15) is 4.79 Å². The number of carbonyl (C=O) groups is 1. The highest BCUT2D eigenvalue weighted by Gasteiger charge is 2.17. The minimum absolute atomic E-state index is 0.0122. The van der Waals surface area contributed by atoms with Crippen LogP contribution < -0.4 is 5.32 Å². The molecule has 5 nitrogen and oxygen atoms in total. The van der Waals surface area contributed by atoms with Crippen LogP contribution in [0.1, 0.15) is 35.7 Å². The number of aryl methyl sites for hydroxylation is 1. The molecule has 0 saturated heterocycles. The Morgan fingerprint density at radius 3 is 2.81 bits per heavy atom. The van der Waals surface area contributed by atoms with Gasteiger partial charge in [-0.05, 0) is 13.8 Å². The third-order valence-corrected chi connectivity index (χ3v) is 2.51. The zero-order valence-electron chi connectivity index (χ0n) is 10.2. The summed E-state index contributed by atoms with van der Waals surface area (Å²) in [6, 6.07) is 0. The average molecular weight is 226 g/mol. The lowest BCUT2D eigenvalue weighted by Gasteiger charge is -2.09. The van der Waals surface area contributed by atoms with Crippen LogP contribution in [0.4, 0.5) is 0 Å². The number of methoxy groups -OCH3 is 1. The molecule has 90 valence electrons. The number of ether oxygens (including phenoxy) is 1. The second-order valence-electron chi connectivity index (χ2n) is 3.69. The van der Waals surface area contributed by atoms with Crippen molar-refractivity contribution in [1.82, 2.24) is 10.5 Å². The van der Waals surface area contributed by atoms with Gasteiger partial charge in [-0.3, -0.25) is 4.79 Å². The first kappa shape index (κ1) is 12.7. The highest BCUT2D eigenvalue weighted by molar-refractivity contribution is 5.93. The van der Waals surface area contributed by atoms with Crippen molar-refractivity contribution in [3.8, 4) is 0 Å². The molecule has 0 aliphatic rings. The van der Waals surface area contributed by atoms with Gasteiger partial charge in [0.15, 0.2) is 5.69 Å². The van der Waals surface area contributed by atoms with Gasteiger partial charge in [0.25, 0.3) is 5.91 Å². The third kappa shape index (κ3) is 2.82. The lowest BCUT2D eigenvalue weighted by atomic mass is 10.2. The Hall–Kier alpha value is -1.36. The molecule has 0 fully saturated rings. The van der Waals surface area contributed by atoms with Gasteiger partial charge in [-0.15, -0.1) is 0 Å². The number of rotatable bonds is 5. The van der Waals surface area contributed by atoms with Crippen LogP contribution in [0.15, 0.2) is 4.52 Å². The maximum absolute atomic E-state index is 11.7. The average Bonchev–Trinajstić information content (AvgIpc) is 2.66. The van der Waals surface area contributed by atoms with Gasteiger partial charge in [0, 0.05) is 25.6 Å². The molecule has 0 radical (unpaired) electrons. The smallest absolute Gasteiger partial charge is 0.273 e. The fourth-order valence-corrected chi connectivity index (χ4v) is 1.31. The summed E-state index contributed by atoms with van der Waals surface area (Å²) in [7, 11) is 1.60. The van der Waals surface area contributed by atoms with E-state index in [4.69, 9.17) is 9.26 Å². The summed E-state index contributed by atoms with van der Waals surface area (Å²) in [4.78, 5) is 11.7. The van der Waals surface area contributed by atoms with Crippen molar-refractivity contribution in [2.45, 2.75) is 33.3 Å². The summed E-state index contributed by atoms with van der Waals surface area (Å²) in [5, 5.41) is 6.50. The van der Waals surface area contributed by atoms with E-state index >= 15 is 0 Å². The molecule has 0 bridgehead atoms. The lowest BCUT2D eigenvalue weighted by Crippen LogP contribution is -2.32. The Kier molecular flexibility index (Phi) is 4.49. The molecule has 1 aromatic heterocycles. The summed E-state index contributed by atoms with van der Waals surface area (Å²) >= 11 is 0. The Morgan fingerprint density at radius 1 is 1.62 bits per heavy atom. The molecule has 5 heteroatoms. The number of hydrogen-bond acceptors (Lipinski definition) is 4. The first-order valence-corrected chi connectivity index (χ1v) is 5.36. The topological polar surface area (TPSA) is 64.4 Å². The summed E-state index contributed by atoms with van der Waals surface area (Å²) in [5.41, 5.74) is 1.17. The van der Waals surface area contributed by atoms with Crippen molar-refractivity contribution >= 4 is 5.91 Å². The summed E-state index contributed by atoms with van der Waals surface area (Å²) < 4.78 is 10.1. The molecular formula is C11H18N2O3. The van der Waals surface area contributed by atoms with E-state index in [2.05, 4.69) is 10.5 Å². The fourth-order valence-electron chi connectivity index (χ4n) is 1.31. The van der Waals surface area contributed by atoms with Crippen molar-refractivity contribution in [1.29, 1.82) is 0 Å². The van der Waals surface area contributed by atoms with Gasteiger partial charge >= 0.3 is 0 Å². The second kappa shape index (κ2) is 5.65. The molecule has 0 aliphatic carbocycles. The maximum atomic E-state index is 11.7. The van der Waals surface area contributed by atoms with Gasteiger partial charge in [0.05, 0.1) is 6.10 Å². The Morgan fingerprint density at radius 2 is 2.31 bits per heavy atom. The van der Waals surface area contributed by atoms with Crippen LogP contribution in [-0.4, -0.2) is 30.8 Å². The predicted molar refractivity (Wildman–Crippen MR) is 59.4 cm³/mol. The monoisotopic (exact) mass is 226 g/mol. The Labute approximate surface area is 95.1 Å². The number of hydrogen-bond donors (Lipinski definition) is 1. The molecule has 1 amide bonds. The molecule has 1 atom stereocenters. The van der Waals surface area contributed by atoms with Crippen molar-refractivity contribution < 1.29 is 14.1 Å².